The van der Waals surface area contributed by atoms with E-state index in [-0.39, 0.29) is 5.41 Å². The number of hydrogen-bond donors (Lipinski definition) is 2. The Balaban J connectivity index is 1.65. The largest absolute Gasteiger partial charge is 0.411 e. The zero-order chi connectivity index (χ0) is 16.9. The number of hydrogen-bond acceptors (Lipinski definition) is 3. The van der Waals surface area contributed by atoms with Gasteiger partial charge in [-0.3, -0.25) is 0 Å². The number of aliphatic hydroxyl groups is 1. The highest BCUT2D eigenvalue weighted by Gasteiger charge is 2.63. The van der Waals surface area contributed by atoms with Crippen molar-refractivity contribution in [3.63, 3.8) is 0 Å². The summed E-state index contributed by atoms with van der Waals surface area (Å²) in [6.45, 7) is 2.22. The molecule has 0 aromatic carbocycles. The fourth-order valence-corrected chi connectivity index (χ4v) is 7.05. The van der Waals surface area contributed by atoms with Crippen molar-refractivity contribution < 1.29 is 10.3 Å². The Bertz CT molecular complexity index is 630. The second-order valence-corrected chi connectivity index (χ2v) is 8.52. The molecule has 3 fully saturated rings. The van der Waals surface area contributed by atoms with Crippen LogP contribution >= 0.6 is 0 Å². The molecule has 130 valence electrons. The molecule has 0 bridgehead atoms. The van der Waals surface area contributed by atoms with E-state index in [1.807, 2.05) is 0 Å². The third kappa shape index (κ3) is 1.99. The first-order chi connectivity index (χ1) is 11.6. The summed E-state index contributed by atoms with van der Waals surface area (Å²) in [6, 6.07) is 0. The van der Waals surface area contributed by atoms with Gasteiger partial charge in [0, 0.05) is 5.41 Å². The Morgan fingerprint density at radius 3 is 2.75 bits per heavy atom. The van der Waals surface area contributed by atoms with E-state index in [2.05, 4.69) is 24.1 Å². The van der Waals surface area contributed by atoms with Crippen LogP contribution in [0.15, 0.2) is 16.8 Å². The van der Waals surface area contributed by atoms with Crippen molar-refractivity contribution >= 4 is 5.71 Å². The lowest BCUT2D eigenvalue weighted by Gasteiger charge is -2.56. The van der Waals surface area contributed by atoms with E-state index in [1.165, 1.54) is 18.4 Å². The SMILES string of the molecule is C#C[C@@]1(O)CC[C@H]2[C@@H]3CCC4=C/C(=N/O)CCC4[C@H]3CC[C@@]21CC. The topological polar surface area (TPSA) is 52.8 Å². The first-order valence-electron chi connectivity index (χ1n) is 9.70. The summed E-state index contributed by atoms with van der Waals surface area (Å²) in [7, 11) is 0. The van der Waals surface area contributed by atoms with Gasteiger partial charge in [-0.15, -0.1) is 6.42 Å². The maximum Gasteiger partial charge on any atom is 0.131 e. The molecule has 1 unspecified atom stereocenters. The van der Waals surface area contributed by atoms with Crippen molar-refractivity contribution in [3.05, 3.63) is 11.6 Å². The molecule has 6 atom stereocenters. The highest BCUT2D eigenvalue weighted by molar-refractivity contribution is 5.96. The summed E-state index contributed by atoms with van der Waals surface area (Å²) in [5.74, 6) is 5.47. The molecule has 0 radical (unpaired) electrons. The molecule has 4 aliphatic carbocycles. The summed E-state index contributed by atoms with van der Waals surface area (Å²) in [4.78, 5) is 0. The quantitative estimate of drug-likeness (QED) is 0.432. The van der Waals surface area contributed by atoms with Gasteiger partial charge in [0.1, 0.15) is 5.60 Å². The van der Waals surface area contributed by atoms with Gasteiger partial charge in [-0.05, 0) is 87.5 Å². The van der Waals surface area contributed by atoms with Crippen molar-refractivity contribution in [1.82, 2.24) is 0 Å². The molecule has 0 aromatic heterocycles. The summed E-state index contributed by atoms with van der Waals surface area (Å²) in [5, 5.41) is 23.7. The lowest BCUT2D eigenvalue weighted by Crippen LogP contribution is -2.53. The molecular formula is C21H29NO2. The molecule has 3 nitrogen and oxygen atoms in total. The summed E-state index contributed by atoms with van der Waals surface area (Å²) in [5.41, 5.74) is 1.40. The Labute approximate surface area is 145 Å². The van der Waals surface area contributed by atoms with Gasteiger partial charge in [-0.1, -0.05) is 23.6 Å². The van der Waals surface area contributed by atoms with Crippen molar-refractivity contribution in [2.75, 3.05) is 0 Å². The highest BCUT2D eigenvalue weighted by atomic mass is 16.4. The van der Waals surface area contributed by atoms with Gasteiger partial charge in [0.25, 0.3) is 0 Å². The van der Waals surface area contributed by atoms with Crippen molar-refractivity contribution in [1.29, 1.82) is 0 Å². The van der Waals surface area contributed by atoms with E-state index in [0.29, 0.717) is 17.8 Å². The van der Waals surface area contributed by atoms with E-state index in [4.69, 9.17) is 11.6 Å². The van der Waals surface area contributed by atoms with Gasteiger partial charge < -0.3 is 10.3 Å². The number of nitrogens with zero attached hydrogens (tertiary/aromatic N) is 1. The van der Waals surface area contributed by atoms with E-state index in [1.54, 1.807) is 0 Å². The molecule has 4 aliphatic rings. The fourth-order valence-electron chi connectivity index (χ4n) is 7.05. The number of rotatable bonds is 1. The van der Waals surface area contributed by atoms with Gasteiger partial charge in [0.15, 0.2) is 0 Å². The molecule has 0 saturated heterocycles. The Hall–Kier alpha value is -1.27. The van der Waals surface area contributed by atoms with Crippen LogP contribution in [0.25, 0.3) is 0 Å². The molecule has 0 amide bonds. The first-order valence-corrected chi connectivity index (χ1v) is 9.70. The van der Waals surface area contributed by atoms with Gasteiger partial charge in [0.05, 0.1) is 5.71 Å². The standard InChI is InChI=1S/C21H29NO2/c1-3-20-11-9-17-16-8-6-15(22-24)13-14(16)5-7-18(17)19(20)10-12-21(20,23)4-2/h2,13,16-19,23-24H,3,5-12H2,1H3/b22-15+/t16?,17-,18-,19+,20+,21-/m1/s1. The minimum absolute atomic E-state index is 0.0590. The number of terminal acetylenes is 1. The molecule has 0 spiro atoms. The van der Waals surface area contributed by atoms with Gasteiger partial charge in [-0.25, -0.2) is 0 Å². The van der Waals surface area contributed by atoms with Crippen LogP contribution in [0.4, 0.5) is 0 Å². The smallest absolute Gasteiger partial charge is 0.131 e. The number of allylic oxidation sites excluding steroid dienone is 2. The first kappa shape index (κ1) is 16.2. The monoisotopic (exact) mass is 327 g/mol. The molecule has 24 heavy (non-hydrogen) atoms. The van der Waals surface area contributed by atoms with Crippen LogP contribution in [0.3, 0.4) is 0 Å². The molecule has 0 heterocycles. The van der Waals surface area contributed by atoms with Crippen molar-refractivity contribution in [2.24, 2.45) is 34.2 Å². The summed E-state index contributed by atoms with van der Waals surface area (Å²) < 4.78 is 0. The predicted molar refractivity (Wildman–Crippen MR) is 94.7 cm³/mol. The molecule has 2 N–H and O–H groups in total. The van der Waals surface area contributed by atoms with Crippen molar-refractivity contribution in [2.45, 2.75) is 70.3 Å². The van der Waals surface area contributed by atoms with E-state index in [9.17, 15) is 5.11 Å². The molecular weight excluding hydrogens is 298 g/mol. The third-order valence-electron chi connectivity index (χ3n) is 8.16. The second-order valence-electron chi connectivity index (χ2n) is 8.52. The van der Waals surface area contributed by atoms with Crippen LogP contribution in [-0.2, 0) is 0 Å². The minimum Gasteiger partial charge on any atom is -0.411 e. The average molecular weight is 327 g/mol. The maximum absolute atomic E-state index is 11.1. The Morgan fingerprint density at radius 2 is 2.04 bits per heavy atom. The minimum atomic E-state index is -0.892. The van der Waals surface area contributed by atoms with Crippen LogP contribution in [0.1, 0.15) is 64.7 Å². The Kier molecular flexibility index (Phi) is 3.80. The van der Waals surface area contributed by atoms with Crippen LogP contribution in [0, 0.1) is 41.4 Å². The van der Waals surface area contributed by atoms with Gasteiger partial charge in [0.2, 0.25) is 0 Å². The Morgan fingerprint density at radius 1 is 1.21 bits per heavy atom. The third-order valence-corrected chi connectivity index (χ3v) is 8.16. The van der Waals surface area contributed by atoms with Gasteiger partial charge >= 0.3 is 0 Å². The average Bonchev–Trinajstić information content (AvgIpc) is 2.94. The fraction of sp³-hybridized carbons (Fsp3) is 0.762. The predicted octanol–water partition coefficient (Wildman–Crippen LogP) is 4.14. The van der Waals surface area contributed by atoms with E-state index in [0.717, 1.165) is 56.6 Å². The molecule has 3 heteroatoms. The zero-order valence-corrected chi connectivity index (χ0v) is 14.7. The zero-order valence-electron chi connectivity index (χ0n) is 14.7. The number of fused-ring (bicyclic) bond motifs is 5. The lowest BCUT2D eigenvalue weighted by atomic mass is 9.49. The highest BCUT2D eigenvalue weighted by Crippen LogP contribution is 2.66. The van der Waals surface area contributed by atoms with Gasteiger partial charge in [-0.2, -0.15) is 0 Å². The van der Waals surface area contributed by atoms with Crippen molar-refractivity contribution in [3.8, 4) is 12.3 Å². The second kappa shape index (κ2) is 5.63. The molecule has 0 aromatic rings. The molecule has 0 aliphatic heterocycles. The molecule has 4 rings (SSSR count). The van der Waals surface area contributed by atoms with Crippen LogP contribution < -0.4 is 0 Å². The summed E-state index contributed by atoms with van der Waals surface area (Å²) >= 11 is 0. The van der Waals surface area contributed by atoms with E-state index >= 15 is 0 Å². The maximum atomic E-state index is 11.1. The lowest BCUT2D eigenvalue weighted by molar-refractivity contribution is -0.0989. The normalized spacial score (nSPS) is 48.9. The van der Waals surface area contributed by atoms with E-state index < -0.39 is 5.60 Å². The van der Waals surface area contributed by atoms with Crippen LogP contribution in [-0.4, -0.2) is 21.6 Å². The molecule has 3 saturated carbocycles. The summed E-state index contributed by atoms with van der Waals surface area (Å²) in [6.07, 6.45) is 17.4. The van der Waals surface area contributed by atoms with Crippen LogP contribution in [0.5, 0.6) is 0 Å². The number of oxime groups is 1. The van der Waals surface area contributed by atoms with Crippen LogP contribution in [0.2, 0.25) is 0 Å².